The number of aromatic nitrogens is 2. The zero-order valence-electron chi connectivity index (χ0n) is 34.5. The van der Waals surface area contributed by atoms with E-state index < -0.39 is 0 Å². The lowest BCUT2D eigenvalue weighted by atomic mass is 10.00. The molecule has 3 nitrogen and oxygen atoms in total. The van der Waals surface area contributed by atoms with Crippen LogP contribution in [0.1, 0.15) is 0 Å². The van der Waals surface area contributed by atoms with E-state index in [0.717, 1.165) is 28.4 Å². The molecule has 10 aromatic carbocycles. The van der Waals surface area contributed by atoms with Crippen LogP contribution >= 0.6 is 0 Å². The van der Waals surface area contributed by atoms with Crippen molar-refractivity contribution in [2.45, 2.75) is 0 Å². The molecule has 0 spiro atoms. The molecular weight excluding hydrogens is 763 g/mol. The van der Waals surface area contributed by atoms with E-state index >= 15 is 0 Å². The summed E-state index contributed by atoms with van der Waals surface area (Å²) in [6.07, 6.45) is 0. The van der Waals surface area contributed by atoms with Crippen molar-refractivity contribution < 1.29 is 0 Å². The van der Waals surface area contributed by atoms with E-state index in [1.165, 1.54) is 77.0 Å². The van der Waals surface area contributed by atoms with Crippen LogP contribution in [0.5, 0.6) is 0 Å². The summed E-state index contributed by atoms with van der Waals surface area (Å²) in [7, 11) is 0. The van der Waals surface area contributed by atoms with Crippen molar-refractivity contribution in [2.75, 3.05) is 4.90 Å². The molecule has 0 aliphatic rings. The van der Waals surface area contributed by atoms with Gasteiger partial charge in [0.05, 0.1) is 22.1 Å². The molecule has 2 aromatic heterocycles. The van der Waals surface area contributed by atoms with Crippen LogP contribution in [0.25, 0.3) is 88.4 Å². The van der Waals surface area contributed by atoms with E-state index in [-0.39, 0.29) is 0 Å². The maximum Gasteiger partial charge on any atom is 0.0547 e. The second kappa shape index (κ2) is 15.3. The quantitative estimate of drug-likeness (QED) is 0.149. The van der Waals surface area contributed by atoms with Crippen molar-refractivity contribution >= 4 is 60.7 Å². The summed E-state index contributed by atoms with van der Waals surface area (Å²) in [5.41, 5.74) is 17.5. The molecule has 0 atom stereocenters. The Bertz CT molecular complexity index is 3510. The van der Waals surface area contributed by atoms with Crippen LogP contribution in [-0.4, -0.2) is 9.13 Å². The molecule has 12 rings (SSSR count). The van der Waals surface area contributed by atoms with Gasteiger partial charge in [-0.2, -0.15) is 0 Å². The average molecular weight is 804 g/mol. The molecule has 0 saturated carbocycles. The van der Waals surface area contributed by atoms with E-state index in [2.05, 4.69) is 263 Å². The molecule has 2 heterocycles. The molecule has 296 valence electrons. The smallest absolute Gasteiger partial charge is 0.0547 e. The first-order chi connectivity index (χ1) is 31.2. The number of fused-ring (bicyclic) bond motifs is 6. The Hall–Kier alpha value is -8.40. The largest absolute Gasteiger partial charge is 0.311 e. The zero-order valence-corrected chi connectivity index (χ0v) is 34.5. The van der Waals surface area contributed by atoms with Crippen LogP contribution in [0.4, 0.5) is 17.1 Å². The summed E-state index contributed by atoms with van der Waals surface area (Å²) in [4.78, 5) is 2.36. The van der Waals surface area contributed by atoms with E-state index in [9.17, 15) is 0 Å². The Balaban J connectivity index is 0.932. The normalized spacial score (nSPS) is 11.5. The highest BCUT2D eigenvalue weighted by molar-refractivity contribution is 6.11. The van der Waals surface area contributed by atoms with Gasteiger partial charge in [0.15, 0.2) is 0 Å². The first kappa shape index (κ1) is 36.5. The van der Waals surface area contributed by atoms with E-state index in [1.54, 1.807) is 0 Å². The third-order valence-electron chi connectivity index (χ3n) is 12.5. The molecule has 12 aromatic rings. The maximum absolute atomic E-state index is 2.38. The second-order valence-corrected chi connectivity index (χ2v) is 16.2. The van der Waals surface area contributed by atoms with Gasteiger partial charge in [-0.05, 0) is 118 Å². The Morgan fingerprint density at radius 3 is 1.03 bits per heavy atom. The number of hydrogen-bond donors (Lipinski definition) is 0. The Morgan fingerprint density at radius 2 is 0.540 bits per heavy atom. The van der Waals surface area contributed by atoms with Gasteiger partial charge in [0.1, 0.15) is 0 Å². The molecule has 0 aliphatic heterocycles. The summed E-state index contributed by atoms with van der Waals surface area (Å²) in [5.74, 6) is 0. The number of benzene rings is 10. The number of rotatable bonds is 8. The molecule has 0 N–H and O–H groups in total. The fourth-order valence-electron chi connectivity index (χ4n) is 9.50. The molecule has 0 saturated heterocycles. The van der Waals surface area contributed by atoms with Crippen LogP contribution in [0.3, 0.4) is 0 Å². The molecular formula is C60H41N3. The van der Waals surface area contributed by atoms with Crippen LogP contribution in [0.15, 0.2) is 249 Å². The van der Waals surface area contributed by atoms with Crippen molar-refractivity contribution in [1.82, 2.24) is 9.13 Å². The summed E-state index contributed by atoms with van der Waals surface area (Å²) in [6, 6.07) is 90.0. The van der Waals surface area contributed by atoms with Gasteiger partial charge in [-0.15, -0.1) is 0 Å². The second-order valence-electron chi connectivity index (χ2n) is 16.2. The number of hydrogen-bond acceptors (Lipinski definition) is 1. The lowest BCUT2D eigenvalue weighted by molar-refractivity contribution is 1.17. The third kappa shape index (κ3) is 6.38. The first-order valence-electron chi connectivity index (χ1n) is 21.6. The monoisotopic (exact) mass is 803 g/mol. The summed E-state index contributed by atoms with van der Waals surface area (Å²) in [5, 5.41) is 5.03. The highest BCUT2D eigenvalue weighted by Gasteiger charge is 2.17. The van der Waals surface area contributed by atoms with Crippen molar-refractivity contribution in [3.05, 3.63) is 249 Å². The van der Waals surface area contributed by atoms with Gasteiger partial charge >= 0.3 is 0 Å². The fraction of sp³-hybridized carbons (Fsp3) is 0. The molecule has 0 amide bonds. The van der Waals surface area contributed by atoms with Gasteiger partial charge in [0.25, 0.3) is 0 Å². The van der Waals surface area contributed by atoms with Gasteiger partial charge in [-0.3, -0.25) is 0 Å². The molecule has 0 radical (unpaired) electrons. The maximum atomic E-state index is 2.38. The molecule has 63 heavy (non-hydrogen) atoms. The Morgan fingerprint density at radius 1 is 0.222 bits per heavy atom. The van der Waals surface area contributed by atoms with Crippen molar-refractivity contribution in [1.29, 1.82) is 0 Å². The molecule has 0 aliphatic carbocycles. The summed E-state index contributed by atoms with van der Waals surface area (Å²) >= 11 is 0. The Kier molecular flexibility index (Phi) is 8.83. The minimum absolute atomic E-state index is 1.08. The van der Waals surface area contributed by atoms with E-state index in [0.29, 0.717) is 0 Å². The highest BCUT2D eigenvalue weighted by atomic mass is 15.1. The lowest BCUT2D eigenvalue weighted by Crippen LogP contribution is -2.10. The van der Waals surface area contributed by atoms with Gasteiger partial charge in [0.2, 0.25) is 0 Å². The predicted octanol–water partition coefficient (Wildman–Crippen LogP) is 16.4. The van der Waals surface area contributed by atoms with Gasteiger partial charge < -0.3 is 14.0 Å². The number of para-hydroxylation sites is 4. The molecule has 0 bridgehead atoms. The van der Waals surface area contributed by atoms with Gasteiger partial charge in [-0.25, -0.2) is 0 Å². The van der Waals surface area contributed by atoms with Crippen molar-refractivity contribution in [3.8, 4) is 44.8 Å². The third-order valence-corrected chi connectivity index (χ3v) is 12.5. The minimum Gasteiger partial charge on any atom is -0.311 e. The number of anilines is 3. The minimum atomic E-state index is 1.08. The predicted molar refractivity (Wildman–Crippen MR) is 266 cm³/mol. The SMILES string of the molecule is c1ccc(-c2ccc(-c3ccc(N(c4ccc(-c5ccc6c7ccccc7n(-c7ccccc7)c6c5)cc4)c4ccc(-n5c6ccccc6c6ccccc65)cc4)cc3)cc2)cc1. The van der Waals surface area contributed by atoms with Gasteiger partial charge in [-0.1, -0.05) is 164 Å². The van der Waals surface area contributed by atoms with Crippen molar-refractivity contribution in [2.24, 2.45) is 0 Å². The number of nitrogens with zero attached hydrogens (tertiary/aromatic N) is 3. The van der Waals surface area contributed by atoms with Crippen LogP contribution in [0, 0.1) is 0 Å². The lowest BCUT2D eigenvalue weighted by Gasteiger charge is -2.26. The first-order valence-corrected chi connectivity index (χ1v) is 21.6. The molecule has 0 unspecified atom stereocenters. The average Bonchev–Trinajstić information content (AvgIpc) is 3.88. The van der Waals surface area contributed by atoms with Crippen LogP contribution in [-0.2, 0) is 0 Å². The standard InChI is InChI=1S/C60H41N3/c1-3-13-42(14-4-1)43-23-25-44(26-24-43)45-27-32-49(33-28-45)61(51-36-38-52(39-37-51)62-57-20-10-7-17-53(57)54-18-8-11-21-58(54)62)50-34-29-46(30-35-50)47-31-40-56-55-19-9-12-22-59(55)63(60(56)41-47)48-15-5-2-6-16-48/h1-41H. The fourth-order valence-corrected chi connectivity index (χ4v) is 9.50. The van der Waals surface area contributed by atoms with Gasteiger partial charge in [0, 0.05) is 50.0 Å². The van der Waals surface area contributed by atoms with Crippen LogP contribution < -0.4 is 4.90 Å². The highest BCUT2D eigenvalue weighted by Crippen LogP contribution is 2.40. The topological polar surface area (TPSA) is 13.1 Å². The summed E-state index contributed by atoms with van der Waals surface area (Å²) in [6.45, 7) is 0. The molecule has 3 heteroatoms. The van der Waals surface area contributed by atoms with E-state index in [4.69, 9.17) is 0 Å². The van der Waals surface area contributed by atoms with E-state index in [1.807, 2.05) is 0 Å². The zero-order chi connectivity index (χ0) is 41.7. The van der Waals surface area contributed by atoms with Crippen LogP contribution in [0.2, 0.25) is 0 Å². The molecule has 0 fully saturated rings. The van der Waals surface area contributed by atoms with Crippen molar-refractivity contribution in [3.63, 3.8) is 0 Å². The summed E-state index contributed by atoms with van der Waals surface area (Å²) < 4.78 is 4.76. The Labute approximate surface area is 366 Å².